The van der Waals surface area contributed by atoms with Gasteiger partial charge in [-0.15, -0.1) is 0 Å². The predicted octanol–water partition coefficient (Wildman–Crippen LogP) is 0.659. The van der Waals surface area contributed by atoms with Crippen LogP contribution < -0.4 is 5.32 Å². The van der Waals surface area contributed by atoms with E-state index in [0.717, 1.165) is 13.0 Å². The van der Waals surface area contributed by atoms with Crippen molar-refractivity contribution in [3.63, 3.8) is 0 Å². The summed E-state index contributed by atoms with van der Waals surface area (Å²) >= 11 is 0. The second-order valence-corrected chi connectivity index (χ2v) is 7.91. The van der Waals surface area contributed by atoms with Crippen LogP contribution in [-0.2, 0) is 19.0 Å². The summed E-state index contributed by atoms with van der Waals surface area (Å²) in [5, 5.41) is 2.85. The predicted molar refractivity (Wildman–Crippen MR) is 74.8 cm³/mol. The van der Waals surface area contributed by atoms with Crippen molar-refractivity contribution in [1.29, 1.82) is 0 Å². The van der Waals surface area contributed by atoms with Gasteiger partial charge in [-0.05, 0) is 6.42 Å². The van der Waals surface area contributed by atoms with Crippen LogP contribution in [-0.4, -0.2) is 61.4 Å². The van der Waals surface area contributed by atoms with E-state index in [1.54, 1.807) is 7.11 Å². The van der Waals surface area contributed by atoms with Gasteiger partial charge in [0.05, 0.1) is 26.4 Å². The number of methoxy groups -OCH3 is 1. The van der Waals surface area contributed by atoms with Crippen LogP contribution in [0.4, 0.5) is 0 Å². The highest BCUT2D eigenvalue weighted by molar-refractivity contribution is 6.55. The summed E-state index contributed by atoms with van der Waals surface area (Å²) in [7, 11) is 1.15. The molecule has 0 unspecified atom stereocenters. The quantitative estimate of drug-likeness (QED) is 0.420. The van der Waals surface area contributed by atoms with E-state index < -0.39 is 8.80 Å². The average Bonchev–Trinajstić information content (AvgIpc) is 2.33. The SMILES string of the molecule is COCCOCCOCC(=O)NCCC[SiH](C)C. The molecule has 0 aromatic carbocycles. The van der Waals surface area contributed by atoms with Crippen LogP contribution in [0, 0.1) is 0 Å². The molecular weight excluding hydrogens is 250 g/mol. The van der Waals surface area contributed by atoms with Crippen LogP contribution in [0.25, 0.3) is 0 Å². The Hall–Kier alpha value is -0.433. The molecule has 0 radical (unpaired) electrons. The molecule has 18 heavy (non-hydrogen) atoms. The fraction of sp³-hybridized carbons (Fsp3) is 0.917. The topological polar surface area (TPSA) is 56.8 Å². The molecule has 5 nitrogen and oxygen atoms in total. The first-order valence-electron chi connectivity index (χ1n) is 6.58. The van der Waals surface area contributed by atoms with Crippen molar-refractivity contribution in [3.05, 3.63) is 0 Å². The van der Waals surface area contributed by atoms with Crippen LogP contribution >= 0.6 is 0 Å². The van der Waals surface area contributed by atoms with E-state index >= 15 is 0 Å². The Bertz CT molecular complexity index is 203. The Balaban J connectivity index is 3.17. The zero-order valence-corrected chi connectivity index (χ0v) is 13.0. The number of amides is 1. The number of ether oxygens (including phenoxy) is 3. The molecular formula is C12H27NO4Si. The summed E-state index contributed by atoms with van der Waals surface area (Å²) in [6.45, 7) is 7.59. The maximum Gasteiger partial charge on any atom is 0.245 e. The van der Waals surface area contributed by atoms with Gasteiger partial charge in [0.1, 0.15) is 6.61 Å². The van der Waals surface area contributed by atoms with Gasteiger partial charge in [0.15, 0.2) is 0 Å². The third kappa shape index (κ3) is 13.6. The van der Waals surface area contributed by atoms with Gasteiger partial charge in [0.25, 0.3) is 0 Å². The summed E-state index contributed by atoms with van der Waals surface area (Å²) in [6.07, 6.45) is 1.08. The molecule has 0 fully saturated rings. The zero-order chi connectivity index (χ0) is 13.6. The molecule has 0 spiro atoms. The number of hydrogen-bond acceptors (Lipinski definition) is 4. The molecule has 0 bridgehead atoms. The highest BCUT2D eigenvalue weighted by Crippen LogP contribution is 1.94. The highest BCUT2D eigenvalue weighted by Gasteiger charge is 2.01. The summed E-state index contributed by atoms with van der Waals surface area (Å²) < 4.78 is 15.2. The number of hydrogen-bond donors (Lipinski definition) is 1. The molecule has 0 saturated carbocycles. The minimum absolute atomic E-state index is 0.0442. The zero-order valence-electron chi connectivity index (χ0n) is 11.9. The first-order valence-corrected chi connectivity index (χ1v) is 9.70. The first kappa shape index (κ1) is 17.6. The smallest absolute Gasteiger partial charge is 0.245 e. The summed E-state index contributed by atoms with van der Waals surface area (Å²) in [4.78, 5) is 11.3. The Kier molecular flexibility index (Phi) is 12.7. The molecule has 0 aliphatic carbocycles. The monoisotopic (exact) mass is 277 g/mol. The van der Waals surface area contributed by atoms with Crippen LogP contribution in [0.15, 0.2) is 0 Å². The van der Waals surface area contributed by atoms with Gasteiger partial charge in [0, 0.05) is 22.5 Å². The van der Waals surface area contributed by atoms with E-state index in [4.69, 9.17) is 14.2 Å². The Labute approximate surface area is 112 Å². The molecule has 0 aromatic rings. The van der Waals surface area contributed by atoms with Crippen molar-refractivity contribution >= 4 is 14.7 Å². The third-order valence-electron chi connectivity index (χ3n) is 2.32. The van der Waals surface area contributed by atoms with Crippen LogP contribution in [0.3, 0.4) is 0 Å². The number of rotatable bonds is 12. The lowest BCUT2D eigenvalue weighted by Gasteiger charge is -2.07. The van der Waals surface area contributed by atoms with Gasteiger partial charge in [-0.1, -0.05) is 19.1 Å². The lowest BCUT2D eigenvalue weighted by atomic mass is 10.4. The van der Waals surface area contributed by atoms with E-state index in [9.17, 15) is 4.79 Å². The minimum Gasteiger partial charge on any atom is -0.382 e. The maximum atomic E-state index is 11.3. The lowest BCUT2D eigenvalue weighted by molar-refractivity contribution is -0.126. The standard InChI is InChI=1S/C12H27NO4Si/c1-15-6-7-16-8-9-17-11-12(14)13-5-4-10-18(2)3/h18H,4-11H2,1-3H3,(H,13,14). The molecule has 6 heteroatoms. The van der Waals surface area contributed by atoms with Crippen molar-refractivity contribution in [2.24, 2.45) is 0 Å². The Morgan fingerprint density at radius 2 is 1.78 bits per heavy atom. The minimum atomic E-state index is -0.484. The van der Waals surface area contributed by atoms with Crippen molar-refractivity contribution < 1.29 is 19.0 Å². The van der Waals surface area contributed by atoms with Gasteiger partial charge in [0.2, 0.25) is 5.91 Å². The maximum absolute atomic E-state index is 11.3. The van der Waals surface area contributed by atoms with Crippen LogP contribution in [0.1, 0.15) is 6.42 Å². The fourth-order valence-electron chi connectivity index (χ4n) is 1.32. The Morgan fingerprint density at radius 1 is 1.11 bits per heavy atom. The molecule has 0 aliphatic heterocycles. The molecule has 0 atom stereocenters. The molecule has 1 amide bonds. The summed E-state index contributed by atoms with van der Waals surface area (Å²) in [5.74, 6) is -0.0442. The molecule has 1 N–H and O–H groups in total. The summed E-state index contributed by atoms with van der Waals surface area (Å²) in [5.41, 5.74) is 0. The van der Waals surface area contributed by atoms with E-state index in [1.165, 1.54) is 6.04 Å². The van der Waals surface area contributed by atoms with E-state index in [0.29, 0.717) is 26.4 Å². The van der Waals surface area contributed by atoms with Crippen molar-refractivity contribution in [2.75, 3.05) is 46.7 Å². The molecule has 0 aliphatic rings. The Morgan fingerprint density at radius 3 is 2.44 bits per heavy atom. The summed E-state index contributed by atoms with van der Waals surface area (Å²) in [6, 6.07) is 1.27. The van der Waals surface area contributed by atoms with Crippen molar-refractivity contribution in [3.8, 4) is 0 Å². The molecule has 108 valence electrons. The lowest BCUT2D eigenvalue weighted by Crippen LogP contribution is -2.29. The third-order valence-corrected chi connectivity index (χ3v) is 3.88. The van der Waals surface area contributed by atoms with Gasteiger partial charge in [-0.3, -0.25) is 4.79 Å². The van der Waals surface area contributed by atoms with Gasteiger partial charge in [-0.2, -0.15) is 0 Å². The van der Waals surface area contributed by atoms with Crippen LogP contribution in [0.5, 0.6) is 0 Å². The van der Waals surface area contributed by atoms with Crippen molar-refractivity contribution in [2.45, 2.75) is 25.6 Å². The number of nitrogens with one attached hydrogen (secondary N) is 1. The molecule has 0 heterocycles. The molecule has 0 rings (SSSR count). The average molecular weight is 277 g/mol. The van der Waals surface area contributed by atoms with E-state index in [2.05, 4.69) is 18.4 Å². The normalized spacial score (nSPS) is 10.9. The number of carbonyl (C=O) groups is 1. The number of carbonyl (C=O) groups excluding carboxylic acids is 1. The largest absolute Gasteiger partial charge is 0.382 e. The second-order valence-electron chi connectivity index (χ2n) is 4.54. The van der Waals surface area contributed by atoms with Crippen LogP contribution in [0.2, 0.25) is 19.1 Å². The fourth-order valence-corrected chi connectivity index (χ4v) is 2.34. The molecule has 0 saturated heterocycles. The molecule has 0 aromatic heterocycles. The van der Waals surface area contributed by atoms with Gasteiger partial charge < -0.3 is 19.5 Å². The first-order chi connectivity index (χ1) is 8.66. The van der Waals surface area contributed by atoms with Gasteiger partial charge >= 0.3 is 0 Å². The highest BCUT2D eigenvalue weighted by atomic mass is 28.3. The second kappa shape index (κ2) is 13.0. The van der Waals surface area contributed by atoms with Crippen molar-refractivity contribution in [1.82, 2.24) is 5.32 Å². The van der Waals surface area contributed by atoms with Gasteiger partial charge in [-0.25, -0.2) is 0 Å². The van der Waals surface area contributed by atoms with E-state index in [1.807, 2.05) is 0 Å². The van der Waals surface area contributed by atoms with E-state index in [-0.39, 0.29) is 12.5 Å².